The third-order valence-electron chi connectivity index (χ3n) is 1.95. The van der Waals surface area contributed by atoms with Gasteiger partial charge in [-0.15, -0.1) is 0 Å². The van der Waals surface area contributed by atoms with E-state index in [1.807, 2.05) is 13.8 Å². The van der Waals surface area contributed by atoms with E-state index < -0.39 is 12.0 Å². The molecule has 15 heavy (non-hydrogen) atoms. The number of aromatic hydroxyl groups is 1. The molecule has 0 aliphatic heterocycles. The van der Waals surface area contributed by atoms with E-state index in [1.54, 1.807) is 12.1 Å². The molecule has 1 rings (SSSR count). The third-order valence-corrected chi connectivity index (χ3v) is 1.95. The number of carboxylic acids is 1. The van der Waals surface area contributed by atoms with E-state index in [9.17, 15) is 9.90 Å². The fraction of sp³-hybridized carbons (Fsp3) is 0.364. The Morgan fingerprint density at radius 3 is 2.53 bits per heavy atom. The Hall–Kier alpha value is -1.55. The minimum Gasteiger partial charge on any atom is -0.508 e. The van der Waals surface area contributed by atoms with Crippen LogP contribution in [0.3, 0.4) is 0 Å². The number of phenolic OH excluding ortho intramolecular Hbond substituents is 1. The van der Waals surface area contributed by atoms with Gasteiger partial charge in [-0.05, 0) is 31.5 Å². The number of aliphatic carboxylic acids is 1. The van der Waals surface area contributed by atoms with Crippen LogP contribution in [-0.4, -0.2) is 22.2 Å². The number of rotatable bonds is 4. The molecule has 0 bridgehead atoms. The zero-order valence-corrected chi connectivity index (χ0v) is 8.77. The van der Waals surface area contributed by atoms with E-state index in [-0.39, 0.29) is 11.8 Å². The third kappa shape index (κ3) is 3.25. The molecule has 0 aliphatic carbocycles. The van der Waals surface area contributed by atoms with E-state index >= 15 is 0 Å². The highest BCUT2D eigenvalue weighted by molar-refractivity contribution is 5.75. The van der Waals surface area contributed by atoms with Crippen molar-refractivity contribution in [1.82, 2.24) is 5.32 Å². The topological polar surface area (TPSA) is 69.6 Å². The molecule has 4 nitrogen and oxygen atoms in total. The summed E-state index contributed by atoms with van der Waals surface area (Å²) in [5, 5.41) is 21.2. The van der Waals surface area contributed by atoms with Crippen LogP contribution in [-0.2, 0) is 4.79 Å². The molecule has 0 saturated carbocycles. The number of nitrogens with one attached hydrogen (secondary N) is 1. The monoisotopic (exact) mass is 209 g/mol. The van der Waals surface area contributed by atoms with Gasteiger partial charge in [0.2, 0.25) is 0 Å². The van der Waals surface area contributed by atoms with Gasteiger partial charge in [-0.3, -0.25) is 10.1 Å². The average Bonchev–Trinajstić information content (AvgIpc) is 2.13. The molecule has 0 spiro atoms. The van der Waals surface area contributed by atoms with Crippen molar-refractivity contribution in [2.45, 2.75) is 25.9 Å². The summed E-state index contributed by atoms with van der Waals surface area (Å²) in [4.78, 5) is 11.0. The van der Waals surface area contributed by atoms with Crippen LogP contribution in [0.2, 0.25) is 0 Å². The van der Waals surface area contributed by atoms with Crippen LogP contribution in [0, 0.1) is 0 Å². The lowest BCUT2D eigenvalue weighted by molar-refractivity contribution is -0.139. The number of hydrogen-bond donors (Lipinski definition) is 3. The maximum atomic E-state index is 11.0. The summed E-state index contributed by atoms with van der Waals surface area (Å²) >= 11 is 0. The Balaban J connectivity index is 2.94. The largest absolute Gasteiger partial charge is 0.508 e. The van der Waals surface area contributed by atoms with E-state index in [1.165, 1.54) is 12.1 Å². The van der Waals surface area contributed by atoms with Crippen LogP contribution in [0.25, 0.3) is 0 Å². The predicted octanol–water partition coefficient (Wildman–Crippen LogP) is 1.52. The molecule has 82 valence electrons. The summed E-state index contributed by atoms with van der Waals surface area (Å²) < 4.78 is 0. The average molecular weight is 209 g/mol. The highest BCUT2D eigenvalue weighted by Crippen LogP contribution is 2.18. The molecule has 1 aromatic rings. The van der Waals surface area contributed by atoms with Crippen LogP contribution in [0.15, 0.2) is 24.3 Å². The molecule has 1 unspecified atom stereocenters. The first kappa shape index (κ1) is 11.5. The number of hydrogen-bond acceptors (Lipinski definition) is 3. The minimum atomic E-state index is -0.950. The van der Waals surface area contributed by atoms with Crippen molar-refractivity contribution in [1.29, 1.82) is 0 Å². The highest BCUT2D eigenvalue weighted by atomic mass is 16.4. The first-order valence-corrected chi connectivity index (χ1v) is 4.78. The SMILES string of the molecule is CC(C)NC(C(=O)O)c1cccc(O)c1. The lowest BCUT2D eigenvalue weighted by atomic mass is 10.1. The van der Waals surface area contributed by atoms with Gasteiger partial charge in [-0.2, -0.15) is 0 Å². The molecule has 0 amide bonds. The summed E-state index contributed by atoms with van der Waals surface area (Å²) in [5.74, 6) is -0.876. The summed E-state index contributed by atoms with van der Waals surface area (Å²) in [6.07, 6.45) is 0. The fourth-order valence-corrected chi connectivity index (χ4v) is 1.35. The van der Waals surface area contributed by atoms with Crippen molar-refractivity contribution in [2.24, 2.45) is 0 Å². The lowest BCUT2D eigenvalue weighted by Crippen LogP contribution is -2.33. The summed E-state index contributed by atoms with van der Waals surface area (Å²) in [5.41, 5.74) is 0.552. The molecule has 0 aliphatic rings. The van der Waals surface area contributed by atoms with Crippen molar-refractivity contribution < 1.29 is 15.0 Å². The summed E-state index contributed by atoms with van der Waals surface area (Å²) in [7, 11) is 0. The summed E-state index contributed by atoms with van der Waals surface area (Å²) in [6, 6.07) is 5.55. The van der Waals surface area contributed by atoms with E-state index in [0.29, 0.717) is 5.56 Å². The lowest BCUT2D eigenvalue weighted by Gasteiger charge is -2.17. The standard InChI is InChI=1S/C11H15NO3/c1-7(2)12-10(11(14)15)8-4-3-5-9(13)6-8/h3-7,10,12-13H,1-2H3,(H,14,15). The van der Waals surface area contributed by atoms with Gasteiger partial charge in [0.25, 0.3) is 0 Å². The predicted molar refractivity (Wildman–Crippen MR) is 56.8 cm³/mol. The van der Waals surface area contributed by atoms with Crippen LogP contribution in [0.4, 0.5) is 0 Å². The molecule has 0 fully saturated rings. The van der Waals surface area contributed by atoms with Gasteiger partial charge in [-0.1, -0.05) is 12.1 Å². The number of benzene rings is 1. The summed E-state index contributed by atoms with van der Waals surface area (Å²) in [6.45, 7) is 3.75. The maximum Gasteiger partial charge on any atom is 0.325 e. The van der Waals surface area contributed by atoms with Gasteiger partial charge >= 0.3 is 5.97 Å². The molecule has 0 heterocycles. The molecule has 1 aromatic carbocycles. The van der Waals surface area contributed by atoms with E-state index in [0.717, 1.165) is 0 Å². The van der Waals surface area contributed by atoms with Crippen molar-refractivity contribution in [3.05, 3.63) is 29.8 Å². The molecular weight excluding hydrogens is 194 g/mol. The quantitative estimate of drug-likeness (QED) is 0.703. The smallest absolute Gasteiger partial charge is 0.325 e. The Morgan fingerprint density at radius 2 is 2.07 bits per heavy atom. The van der Waals surface area contributed by atoms with Crippen molar-refractivity contribution in [3.63, 3.8) is 0 Å². The normalized spacial score (nSPS) is 12.7. The van der Waals surface area contributed by atoms with E-state index in [2.05, 4.69) is 5.32 Å². The molecule has 4 heteroatoms. The van der Waals surface area contributed by atoms with Gasteiger partial charge < -0.3 is 10.2 Å². The zero-order chi connectivity index (χ0) is 11.4. The number of phenols is 1. The second-order valence-electron chi connectivity index (χ2n) is 3.69. The van der Waals surface area contributed by atoms with Crippen molar-refractivity contribution >= 4 is 5.97 Å². The van der Waals surface area contributed by atoms with Crippen LogP contribution in [0.1, 0.15) is 25.5 Å². The molecule has 0 saturated heterocycles. The Bertz CT molecular complexity index is 349. The second kappa shape index (κ2) is 4.79. The first-order chi connectivity index (χ1) is 7.00. The minimum absolute atomic E-state index is 0.0634. The van der Waals surface area contributed by atoms with Gasteiger partial charge in [0.15, 0.2) is 0 Å². The zero-order valence-electron chi connectivity index (χ0n) is 8.77. The Labute approximate surface area is 88.6 Å². The molecular formula is C11H15NO3. The van der Waals surface area contributed by atoms with Crippen LogP contribution < -0.4 is 5.32 Å². The second-order valence-corrected chi connectivity index (χ2v) is 3.69. The molecule has 3 N–H and O–H groups in total. The Kier molecular flexibility index (Phi) is 3.68. The number of carbonyl (C=O) groups is 1. The molecule has 1 atom stereocenters. The van der Waals surface area contributed by atoms with Gasteiger partial charge in [-0.25, -0.2) is 0 Å². The van der Waals surface area contributed by atoms with Gasteiger partial charge in [0, 0.05) is 6.04 Å². The molecule has 0 radical (unpaired) electrons. The maximum absolute atomic E-state index is 11.0. The van der Waals surface area contributed by atoms with E-state index in [4.69, 9.17) is 5.11 Å². The van der Waals surface area contributed by atoms with Crippen LogP contribution >= 0.6 is 0 Å². The fourth-order valence-electron chi connectivity index (χ4n) is 1.35. The van der Waals surface area contributed by atoms with Gasteiger partial charge in [0.05, 0.1) is 0 Å². The van der Waals surface area contributed by atoms with Crippen LogP contribution in [0.5, 0.6) is 5.75 Å². The van der Waals surface area contributed by atoms with Crippen molar-refractivity contribution in [2.75, 3.05) is 0 Å². The van der Waals surface area contributed by atoms with Crippen molar-refractivity contribution in [3.8, 4) is 5.75 Å². The highest BCUT2D eigenvalue weighted by Gasteiger charge is 2.20. The van der Waals surface area contributed by atoms with Gasteiger partial charge in [0.1, 0.15) is 11.8 Å². The Morgan fingerprint density at radius 1 is 1.40 bits per heavy atom. The first-order valence-electron chi connectivity index (χ1n) is 4.78. The molecule has 0 aromatic heterocycles. The number of carboxylic acid groups (broad SMARTS) is 1.